The van der Waals surface area contributed by atoms with Crippen molar-refractivity contribution in [2.45, 2.75) is 37.3 Å². The average molecular weight is 305 g/mol. The molecule has 2 atom stereocenters. The van der Waals surface area contributed by atoms with E-state index in [0.29, 0.717) is 11.2 Å². The predicted octanol–water partition coefficient (Wildman–Crippen LogP) is 4.12. The van der Waals surface area contributed by atoms with E-state index in [4.69, 9.17) is 0 Å². The van der Waals surface area contributed by atoms with Crippen molar-refractivity contribution in [1.82, 2.24) is 5.32 Å². The van der Waals surface area contributed by atoms with Gasteiger partial charge in [-0.3, -0.25) is 0 Å². The first-order valence-electron chi connectivity index (χ1n) is 6.49. The van der Waals surface area contributed by atoms with E-state index in [-0.39, 0.29) is 11.8 Å². The van der Waals surface area contributed by atoms with Gasteiger partial charge in [0.25, 0.3) is 0 Å². The second kappa shape index (κ2) is 5.85. The van der Waals surface area contributed by atoms with E-state index in [9.17, 15) is 13.2 Å². The molecule has 1 aliphatic rings. The fourth-order valence-corrected chi connectivity index (χ4v) is 4.04. The van der Waals surface area contributed by atoms with E-state index in [0.717, 1.165) is 16.9 Å². The molecule has 2 rings (SSSR count). The summed E-state index contributed by atoms with van der Waals surface area (Å²) in [6.45, 7) is 4.26. The van der Waals surface area contributed by atoms with E-state index in [2.05, 4.69) is 23.9 Å². The van der Waals surface area contributed by atoms with Crippen LogP contribution in [0.3, 0.4) is 0 Å². The predicted molar refractivity (Wildman–Crippen MR) is 74.8 cm³/mol. The molecule has 6 heteroatoms. The molecule has 0 radical (unpaired) electrons. The highest BCUT2D eigenvalue weighted by Crippen LogP contribution is 2.42. The summed E-state index contributed by atoms with van der Waals surface area (Å²) in [4.78, 5) is 0. The van der Waals surface area contributed by atoms with Crippen LogP contribution in [-0.4, -0.2) is 18.7 Å². The van der Waals surface area contributed by atoms with Crippen LogP contribution >= 0.6 is 11.8 Å². The summed E-state index contributed by atoms with van der Waals surface area (Å²) in [5.74, 6) is 1.12. The first-order valence-corrected chi connectivity index (χ1v) is 7.54. The number of rotatable bonds is 3. The molecular formula is C14H18F3NOS. The monoisotopic (exact) mass is 305 g/mol. The first-order chi connectivity index (χ1) is 9.31. The molecule has 1 N–H and O–H groups in total. The topological polar surface area (TPSA) is 21.3 Å². The normalized spacial score (nSPS) is 22.8. The number of halogens is 3. The Balaban J connectivity index is 2.33. The number of hydrogen-bond donors (Lipinski definition) is 1. The van der Waals surface area contributed by atoms with Gasteiger partial charge < -0.3 is 10.1 Å². The zero-order valence-electron chi connectivity index (χ0n) is 11.6. The van der Waals surface area contributed by atoms with Crippen molar-refractivity contribution in [3.63, 3.8) is 0 Å². The molecule has 0 saturated carbocycles. The Morgan fingerprint density at radius 3 is 2.60 bits per heavy atom. The van der Waals surface area contributed by atoms with Gasteiger partial charge in [-0.15, -0.1) is 13.2 Å². The second-order valence-electron chi connectivity index (χ2n) is 5.19. The summed E-state index contributed by atoms with van der Waals surface area (Å²) >= 11 is 1.84. The molecule has 0 aromatic heterocycles. The zero-order valence-corrected chi connectivity index (χ0v) is 12.4. The number of alkyl halides is 3. The fraction of sp³-hybridized carbons (Fsp3) is 0.571. The number of thioether (sulfide) groups is 1. The van der Waals surface area contributed by atoms with Crippen LogP contribution in [0.5, 0.6) is 5.75 Å². The maximum absolute atomic E-state index is 12.3. The van der Waals surface area contributed by atoms with Gasteiger partial charge >= 0.3 is 6.36 Å². The van der Waals surface area contributed by atoms with Gasteiger partial charge in [0.1, 0.15) is 5.75 Å². The number of benzene rings is 1. The van der Waals surface area contributed by atoms with Crippen LogP contribution in [0.25, 0.3) is 0 Å². The molecule has 1 aromatic carbocycles. The van der Waals surface area contributed by atoms with E-state index < -0.39 is 6.36 Å². The molecule has 1 aliphatic heterocycles. The lowest BCUT2D eigenvalue weighted by atomic mass is 9.92. The van der Waals surface area contributed by atoms with Crippen molar-refractivity contribution in [2.75, 3.05) is 7.05 Å². The summed E-state index contributed by atoms with van der Waals surface area (Å²) in [7, 11) is 1.84. The van der Waals surface area contributed by atoms with Gasteiger partial charge in [0.15, 0.2) is 0 Å². The van der Waals surface area contributed by atoms with Crippen LogP contribution in [-0.2, 0) is 5.75 Å². The third-order valence-corrected chi connectivity index (χ3v) is 5.09. The van der Waals surface area contributed by atoms with Crippen molar-refractivity contribution in [3.05, 3.63) is 29.3 Å². The largest absolute Gasteiger partial charge is 0.573 e. The molecule has 2 unspecified atom stereocenters. The van der Waals surface area contributed by atoms with Gasteiger partial charge in [-0.1, -0.05) is 19.9 Å². The second-order valence-corrected chi connectivity index (χ2v) is 6.36. The van der Waals surface area contributed by atoms with Gasteiger partial charge in [-0.25, -0.2) is 0 Å². The maximum Gasteiger partial charge on any atom is 0.573 e. The molecule has 112 valence electrons. The molecule has 2 nitrogen and oxygen atoms in total. The van der Waals surface area contributed by atoms with Gasteiger partial charge in [-0.2, -0.15) is 11.8 Å². The third kappa shape index (κ3) is 3.41. The summed E-state index contributed by atoms with van der Waals surface area (Å²) in [6.07, 6.45) is -4.65. The van der Waals surface area contributed by atoms with Crippen LogP contribution in [0.4, 0.5) is 13.2 Å². The molecule has 1 aromatic rings. The molecule has 0 amide bonds. The van der Waals surface area contributed by atoms with Crippen LogP contribution in [0.1, 0.15) is 31.0 Å². The summed E-state index contributed by atoms with van der Waals surface area (Å²) in [5, 5.41) is 3.57. The summed E-state index contributed by atoms with van der Waals surface area (Å²) in [6, 6.07) is 4.67. The highest BCUT2D eigenvalue weighted by Gasteiger charge is 2.34. The first kappa shape index (κ1) is 15.5. The Kier molecular flexibility index (Phi) is 4.54. The summed E-state index contributed by atoms with van der Waals surface area (Å²) in [5.41, 5.74) is 1.98. The summed E-state index contributed by atoms with van der Waals surface area (Å²) < 4.78 is 41.0. The molecule has 1 heterocycles. The van der Waals surface area contributed by atoms with Gasteiger partial charge in [0.2, 0.25) is 0 Å². The maximum atomic E-state index is 12.3. The van der Waals surface area contributed by atoms with E-state index in [1.54, 1.807) is 6.07 Å². The lowest BCUT2D eigenvalue weighted by Crippen LogP contribution is -2.34. The number of fused-ring (bicyclic) bond motifs is 1. The van der Waals surface area contributed by atoms with Crippen molar-refractivity contribution >= 4 is 11.8 Å². The number of hydrogen-bond acceptors (Lipinski definition) is 3. The van der Waals surface area contributed by atoms with Gasteiger partial charge in [0.05, 0.1) is 0 Å². The van der Waals surface area contributed by atoms with Crippen molar-refractivity contribution in [1.29, 1.82) is 0 Å². The highest BCUT2D eigenvalue weighted by atomic mass is 32.2. The van der Waals surface area contributed by atoms with Crippen molar-refractivity contribution < 1.29 is 17.9 Å². The fourth-order valence-electron chi connectivity index (χ4n) is 2.55. The Labute approximate surface area is 121 Å². The van der Waals surface area contributed by atoms with Crippen LogP contribution in [0, 0.1) is 5.92 Å². The smallest absolute Gasteiger partial charge is 0.406 e. The molecule has 0 fully saturated rings. The van der Waals surface area contributed by atoms with E-state index in [1.165, 1.54) is 12.1 Å². The molecule has 0 aliphatic carbocycles. The molecule has 0 bridgehead atoms. The molecule has 0 saturated heterocycles. The molecular weight excluding hydrogens is 287 g/mol. The molecule has 0 spiro atoms. The minimum atomic E-state index is -4.65. The van der Waals surface area contributed by atoms with E-state index in [1.807, 2.05) is 18.8 Å². The molecule has 20 heavy (non-hydrogen) atoms. The highest BCUT2D eigenvalue weighted by molar-refractivity contribution is 7.99. The van der Waals surface area contributed by atoms with Crippen LogP contribution in [0.2, 0.25) is 0 Å². The van der Waals surface area contributed by atoms with Gasteiger partial charge in [0, 0.05) is 17.0 Å². The lowest BCUT2D eigenvalue weighted by Gasteiger charge is -2.35. The number of nitrogens with one attached hydrogen (secondary N) is 1. The minimum absolute atomic E-state index is 0.0422. The van der Waals surface area contributed by atoms with Crippen molar-refractivity contribution in [3.8, 4) is 5.75 Å². The Hall–Kier alpha value is -0.880. The standard InChI is InChI=1S/C14H18F3NOS/c1-8(2)13-12(18-3)11-6-10(19-14(15,16)17)5-4-9(11)7-20-13/h4-6,8,12-13,18H,7H2,1-3H3. The Morgan fingerprint density at radius 2 is 2.05 bits per heavy atom. The van der Waals surface area contributed by atoms with E-state index >= 15 is 0 Å². The number of ether oxygens (including phenoxy) is 1. The third-order valence-electron chi connectivity index (χ3n) is 3.41. The van der Waals surface area contributed by atoms with Crippen molar-refractivity contribution in [2.24, 2.45) is 5.92 Å². The Bertz CT molecular complexity index is 476. The SMILES string of the molecule is CNC1c2cc(OC(F)(F)F)ccc2CSC1C(C)C. The Morgan fingerprint density at radius 1 is 1.35 bits per heavy atom. The lowest BCUT2D eigenvalue weighted by molar-refractivity contribution is -0.274. The van der Waals surface area contributed by atoms with Gasteiger partial charge in [-0.05, 0) is 36.2 Å². The van der Waals surface area contributed by atoms with Crippen LogP contribution < -0.4 is 10.1 Å². The average Bonchev–Trinajstić information content (AvgIpc) is 2.35. The minimum Gasteiger partial charge on any atom is -0.406 e. The zero-order chi connectivity index (χ0) is 14.9. The van der Waals surface area contributed by atoms with Crippen LogP contribution in [0.15, 0.2) is 18.2 Å². The quantitative estimate of drug-likeness (QED) is 0.908.